The van der Waals surface area contributed by atoms with Gasteiger partial charge < -0.3 is 24.3 Å². The molecule has 0 fully saturated rings. The number of methoxy groups -OCH3 is 3. The predicted molar refractivity (Wildman–Crippen MR) is 83.5 cm³/mol. The topological polar surface area (TPSA) is 49.0 Å². The van der Waals surface area contributed by atoms with Gasteiger partial charge in [0.2, 0.25) is 0 Å². The van der Waals surface area contributed by atoms with Crippen LogP contribution in [-0.2, 0) is 11.3 Å². The minimum atomic E-state index is 0.562. The second-order valence-corrected chi connectivity index (χ2v) is 5.16. The van der Waals surface area contributed by atoms with Crippen molar-refractivity contribution in [3.8, 4) is 17.2 Å². The molecule has 5 heteroatoms. The van der Waals surface area contributed by atoms with Crippen LogP contribution in [0.1, 0.15) is 19.4 Å². The van der Waals surface area contributed by atoms with Gasteiger partial charge in [0.15, 0.2) is 0 Å². The lowest BCUT2D eigenvalue weighted by Gasteiger charge is -2.15. The molecule has 5 nitrogen and oxygen atoms in total. The molecule has 0 bridgehead atoms. The predicted octanol–water partition coefficient (Wildman–Crippen LogP) is 2.47. The molecule has 0 radical (unpaired) electrons. The molecular weight excluding hydrogens is 270 g/mol. The molecule has 0 aromatic heterocycles. The number of hydrogen-bond donors (Lipinski definition) is 1. The van der Waals surface area contributed by atoms with E-state index in [0.717, 1.165) is 30.2 Å². The van der Waals surface area contributed by atoms with Crippen LogP contribution in [0.15, 0.2) is 12.1 Å². The van der Waals surface area contributed by atoms with Gasteiger partial charge >= 0.3 is 0 Å². The first-order valence-corrected chi connectivity index (χ1v) is 7.19. The Labute approximate surface area is 127 Å². The van der Waals surface area contributed by atoms with Crippen LogP contribution >= 0.6 is 0 Å². The Bertz CT molecular complexity index is 396. The van der Waals surface area contributed by atoms with Crippen LogP contribution < -0.4 is 19.5 Å². The first-order chi connectivity index (χ1) is 10.1. The van der Waals surface area contributed by atoms with E-state index in [1.807, 2.05) is 12.1 Å². The Morgan fingerprint density at radius 1 is 1.00 bits per heavy atom. The largest absolute Gasteiger partial charge is 0.496 e. The number of hydrogen-bond acceptors (Lipinski definition) is 5. The molecule has 0 atom stereocenters. The van der Waals surface area contributed by atoms with Gasteiger partial charge in [0.25, 0.3) is 0 Å². The summed E-state index contributed by atoms with van der Waals surface area (Å²) in [4.78, 5) is 0. The molecule has 1 N–H and O–H groups in total. The molecule has 0 saturated carbocycles. The highest BCUT2D eigenvalue weighted by molar-refractivity contribution is 5.50. The molecule has 0 spiro atoms. The van der Waals surface area contributed by atoms with E-state index in [-0.39, 0.29) is 0 Å². The second kappa shape index (κ2) is 9.47. The normalized spacial score (nSPS) is 10.8. The lowest BCUT2D eigenvalue weighted by molar-refractivity contribution is 0.111. The van der Waals surface area contributed by atoms with Crippen molar-refractivity contribution in [2.45, 2.75) is 20.4 Å². The molecule has 0 aliphatic heterocycles. The number of rotatable bonds is 10. The molecular formula is C16H27NO4. The Balaban J connectivity index is 2.57. The molecule has 1 aromatic carbocycles. The van der Waals surface area contributed by atoms with E-state index in [2.05, 4.69) is 19.2 Å². The molecule has 0 heterocycles. The van der Waals surface area contributed by atoms with Crippen LogP contribution in [-0.4, -0.2) is 41.1 Å². The van der Waals surface area contributed by atoms with Crippen LogP contribution in [0.4, 0.5) is 0 Å². The molecule has 21 heavy (non-hydrogen) atoms. The number of ether oxygens (including phenoxy) is 4. The fourth-order valence-corrected chi connectivity index (χ4v) is 1.93. The van der Waals surface area contributed by atoms with E-state index < -0.39 is 0 Å². The summed E-state index contributed by atoms with van der Waals surface area (Å²) in [5.41, 5.74) is 0.977. The minimum Gasteiger partial charge on any atom is -0.496 e. The van der Waals surface area contributed by atoms with Crippen LogP contribution in [0.25, 0.3) is 0 Å². The molecule has 1 aromatic rings. The van der Waals surface area contributed by atoms with Crippen molar-refractivity contribution in [2.75, 3.05) is 41.1 Å². The maximum Gasteiger partial charge on any atom is 0.130 e. The van der Waals surface area contributed by atoms with Gasteiger partial charge in [-0.2, -0.15) is 0 Å². The van der Waals surface area contributed by atoms with Crippen molar-refractivity contribution < 1.29 is 18.9 Å². The van der Waals surface area contributed by atoms with Crippen molar-refractivity contribution in [2.24, 2.45) is 5.92 Å². The SMILES string of the molecule is COc1cc(OC)c(CNCCOCC(C)C)c(OC)c1. The highest BCUT2D eigenvalue weighted by Crippen LogP contribution is 2.33. The molecule has 0 saturated heterocycles. The summed E-state index contributed by atoms with van der Waals surface area (Å²) in [5, 5.41) is 3.34. The maximum atomic E-state index is 5.54. The van der Waals surface area contributed by atoms with E-state index in [4.69, 9.17) is 18.9 Å². The third-order valence-corrected chi connectivity index (χ3v) is 2.99. The molecule has 0 aliphatic carbocycles. The Morgan fingerprint density at radius 2 is 1.62 bits per heavy atom. The number of nitrogens with one attached hydrogen (secondary N) is 1. The van der Waals surface area contributed by atoms with Gasteiger partial charge in [-0.25, -0.2) is 0 Å². The summed E-state index contributed by atoms with van der Waals surface area (Å²) < 4.78 is 21.6. The highest BCUT2D eigenvalue weighted by atomic mass is 16.5. The third kappa shape index (κ3) is 5.81. The van der Waals surface area contributed by atoms with Crippen LogP contribution in [0.3, 0.4) is 0 Å². The van der Waals surface area contributed by atoms with E-state index in [1.54, 1.807) is 21.3 Å². The third-order valence-electron chi connectivity index (χ3n) is 2.99. The van der Waals surface area contributed by atoms with Gasteiger partial charge in [-0.1, -0.05) is 13.8 Å². The monoisotopic (exact) mass is 297 g/mol. The molecule has 1 rings (SSSR count). The van der Waals surface area contributed by atoms with Crippen LogP contribution in [0.2, 0.25) is 0 Å². The van der Waals surface area contributed by atoms with Gasteiger partial charge in [0.05, 0.1) is 33.5 Å². The molecule has 120 valence electrons. The van der Waals surface area contributed by atoms with Crippen molar-refractivity contribution in [3.63, 3.8) is 0 Å². The first-order valence-electron chi connectivity index (χ1n) is 7.19. The van der Waals surface area contributed by atoms with E-state index in [1.165, 1.54) is 0 Å². The Hall–Kier alpha value is -1.46. The van der Waals surface area contributed by atoms with Gasteiger partial charge in [0.1, 0.15) is 17.2 Å². The first kappa shape index (κ1) is 17.6. The highest BCUT2D eigenvalue weighted by Gasteiger charge is 2.12. The van der Waals surface area contributed by atoms with E-state index in [0.29, 0.717) is 24.8 Å². The lowest BCUT2D eigenvalue weighted by atomic mass is 10.1. The number of benzene rings is 1. The van der Waals surface area contributed by atoms with Crippen molar-refractivity contribution in [3.05, 3.63) is 17.7 Å². The standard InChI is InChI=1S/C16H27NO4/c1-12(2)11-21-7-6-17-10-14-15(19-4)8-13(18-3)9-16(14)20-5/h8-9,12,17H,6-7,10-11H2,1-5H3. The van der Waals surface area contributed by atoms with E-state index in [9.17, 15) is 0 Å². The van der Waals surface area contributed by atoms with Crippen LogP contribution in [0, 0.1) is 5.92 Å². The zero-order chi connectivity index (χ0) is 15.7. The van der Waals surface area contributed by atoms with Crippen molar-refractivity contribution in [1.29, 1.82) is 0 Å². The lowest BCUT2D eigenvalue weighted by Crippen LogP contribution is -2.21. The summed E-state index contributed by atoms with van der Waals surface area (Å²) in [6.07, 6.45) is 0. The van der Waals surface area contributed by atoms with E-state index >= 15 is 0 Å². The quantitative estimate of drug-likeness (QED) is 0.672. The zero-order valence-electron chi connectivity index (χ0n) is 13.7. The smallest absolute Gasteiger partial charge is 0.130 e. The van der Waals surface area contributed by atoms with Gasteiger partial charge in [-0.05, 0) is 5.92 Å². The van der Waals surface area contributed by atoms with Crippen LogP contribution in [0.5, 0.6) is 17.2 Å². The zero-order valence-corrected chi connectivity index (χ0v) is 13.7. The van der Waals surface area contributed by atoms with Gasteiger partial charge in [-0.15, -0.1) is 0 Å². The average Bonchev–Trinajstić information content (AvgIpc) is 2.49. The summed E-state index contributed by atoms with van der Waals surface area (Å²) in [7, 11) is 4.91. The summed E-state index contributed by atoms with van der Waals surface area (Å²) in [5.74, 6) is 2.78. The van der Waals surface area contributed by atoms with Gasteiger partial charge in [-0.3, -0.25) is 0 Å². The molecule has 0 aliphatic rings. The molecule has 0 unspecified atom stereocenters. The summed E-state index contributed by atoms with van der Waals surface area (Å²) in [6, 6.07) is 3.71. The fourth-order valence-electron chi connectivity index (χ4n) is 1.93. The second-order valence-electron chi connectivity index (χ2n) is 5.16. The Kier molecular flexibility index (Phi) is 7.93. The maximum absolute atomic E-state index is 5.54. The van der Waals surface area contributed by atoms with Crippen molar-refractivity contribution >= 4 is 0 Å². The van der Waals surface area contributed by atoms with Crippen molar-refractivity contribution in [1.82, 2.24) is 5.32 Å². The van der Waals surface area contributed by atoms with Gasteiger partial charge in [0, 0.05) is 31.8 Å². The summed E-state index contributed by atoms with van der Waals surface area (Å²) >= 11 is 0. The average molecular weight is 297 g/mol. The molecule has 0 amide bonds. The minimum absolute atomic E-state index is 0.562. The fraction of sp³-hybridized carbons (Fsp3) is 0.625. The Morgan fingerprint density at radius 3 is 2.10 bits per heavy atom. The summed E-state index contributed by atoms with van der Waals surface area (Å²) in [6.45, 7) is 7.20.